The molecule has 1 aromatic carbocycles. The number of aliphatic imine (C=N–C) groups is 1. The van der Waals surface area contributed by atoms with Gasteiger partial charge in [0.05, 0.1) is 18.6 Å². The average molecular weight is 507 g/mol. The van der Waals surface area contributed by atoms with Crippen LogP contribution >= 0.6 is 34.7 Å². The normalized spacial score (nSPS) is 14.4. The van der Waals surface area contributed by atoms with Gasteiger partial charge in [0.1, 0.15) is 11.4 Å². The molecule has 2 aromatic rings. The molecule has 0 atom stereocenters. The number of nitrogens with one attached hydrogen (secondary N) is 2. The number of thioether (sulfide) groups is 1. The average Bonchev–Trinajstić information content (AvgIpc) is 3.33. The maximum Gasteiger partial charge on any atom is 0.321 e. The number of urea groups is 1. The standard InChI is InChI=1S/C22H23ClN4O4S2/c1-4-8-24-21(30)26-19(28)12-33-22-25-15(11-18-13(2)7-9-32-18)20(29)27(22)16-10-14(23)5-6-17(16)31-3/h5-7,9-11H,4,8,12H2,1-3H3,(H2,24,26,28,30)/b15-11+. The predicted octanol–water partition coefficient (Wildman–Crippen LogP) is 4.43. The summed E-state index contributed by atoms with van der Waals surface area (Å²) in [6.45, 7) is 4.33. The zero-order valence-electron chi connectivity index (χ0n) is 18.3. The van der Waals surface area contributed by atoms with Gasteiger partial charge in [-0.2, -0.15) is 0 Å². The third-order valence-electron chi connectivity index (χ3n) is 4.50. The Morgan fingerprint density at radius 3 is 2.79 bits per heavy atom. The predicted molar refractivity (Wildman–Crippen MR) is 134 cm³/mol. The van der Waals surface area contributed by atoms with Crippen LogP contribution in [0.2, 0.25) is 5.02 Å². The van der Waals surface area contributed by atoms with E-state index in [9.17, 15) is 14.4 Å². The van der Waals surface area contributed by atoms with Gasteiger partial charge in [0.15, 0.2) is 5.17 Å². The fraction of sp³-hybridized carbons (Fsp3) is 0.273. The number of amides is 4. The van der Waals surface area contributed by atoms with Crippen molar-refractivity contribution in [1.29, 1.82) is 0 Å². The van der Waals surface area contributed by atoms with Crippen LogP contribution in [0.5, 0.6) is 5.75 Å². The Labute approximate surface area is 205 Å². The second kappa shape index (κ2) is 11.4. The van der Waals surface area contributed by atoms with Crippen LogP contribution in [-0.4, -0.2) is 42.4 Å². The molecule has 1 aliphatic rings. The van der Waals surface area contributed by atoms with Crippen LogP contribution in [0.1, 0.15) is 23.8 Å². The van der Waals surface area contributed by atoms with Gasteiger partial charge in [0.2, 0.25) is 5.91 Å². The van der Waals surface area contributed by atoms with Crippen molar-refractivity contribution in [3.05, 3.63) is 50.8 Å². The van der Waals surface area contributed by atoms with E-state index in [1.807, 2.05) is 25.3 Å². The van der Waals surface area contributed by atoms with Crippen molar-refractivity contribution in [3.63, 3.8) is 0 Å². The molecule has 0 radical (unpaired) electrons. The number of methoxy groups -OCH3 is 1. The van der Waals surface area contributed by atoms with Crippen LogP contribution in [0.3, 0.4) is 0 Å². The highest BCUT2D eigenvalue weighted by Gasteiger charge is 2.34. The van der Waals surface area contributed by atoms with Crippen molar-refractivity contribution >= 4 is 69.5 Å². The largest absolute Gasteiger partial charge is 0.495 e. The van der Waals surface area contributed by atoms with Gasteiger partial charge in [-0.15, -0.1) is 11.3 Å². The van der Waals surface area contributed by atoms with E-state index < -0.39 is 11.9 Å². The van der Waals surface area contributed by atoms with Gasteiger partial charge in [0.25, 0.3) is 5.91 Å². The molecule has 2 heterocycles. The molecule has 4 amide bonds. The molecular weight excluding hydrogens is 484 g/mol. The van der Waals surface area contributed by atoms with Crippen LogP contribution in [0.4, 0.5) is 10.5 Å². The second-order valence-corrected chi connectivity index (χ2v) is 9.27. The highest BCUT2D eigenvalue weighted by atomic mass is 35.5. The van der Waals surface area contributed by atoms with Crippen molar-refractivity contribution in [2.24, 2.45) is 4.99 Å². The van der Waals surface area contributed by atoms with Crippen molar-refractivity contribution < 1.29 is 19.1 Å². The number of carbonyl (C=O) groups excluding carboxylic acids is 3. The lowest BCUT2D eigenvalue weighted by Gasteiger charge is -2.20. The first-order valence-corrected chi connectivity index (χ1v) is 12.3. The summed E-state index contributed by atoms with van der Waals surface area (Å²) in [5.41, 5.74) is 1.67. The number of benzene rings is 1. The van der Waals surface area contributed by atoms with E-state index in [0.717, 1.165) is 28.6 Å². The van der Waals surface area contributed by atoms with Gasteiger partial charge in [-0.25, -0.2) is 14.7 Å². The van der Waals surface area contributed by atoms with Crippen LogP contribution in [-0.2, 0) is 9.59 Å². The number of ether oxygens (including phenoxy) is 1. The summed E-state index contributed by atoms with van der Waals surface area (Å²) in [5, 5.41) is 7.48. The topological polar surface area (TPSA) is 100 Å². The van der Waals surface area contributed by atoms with E-state index in [-0.39, 0.29) is 22.5 Å². The van der Waals surface area contributed by atoms with Crippen molar-refractivity contribution in [2.45, 2.75) is 20.3 Å². The van der Waals surface area contributed by atoms with Gasteiger partial charge in [-0.1, -0.05) is 30.3 Å². The number of imide groups is 1. The minimum Gasteiger partial charge on any atom is -0.495 e. The summed E-state index contributed by atoms with van der Waals surface area (Å²) in [6.07, 6.45) is 2.47. The number of anilines is 1. The molecule has 0 fully saturated rings. The number of halogens is 1. The van der Waals surface area contributed by atoms with Crippen molar-refractivity contribution in [1.82, 2.24) is 10.6 Å². The molecule has 0 unspecified atom stereocenters. The highest BCUT2D eigenvalue weighted by Crippen LogP contribution is 2.37. The first-order valence-electron chi connectivity index (χ1n) is 10.1. The smallest absolute Gasteiger partial charge is 0.321 e. The first-order chi connectivity index (χ1) is 15.8. The van der Waals surface area contributed by atoms with E-state index in [2.05, 4.69) is 15.6 Å². The molecule has 174 valence electrons. The molecule has 1 aromatic heterocycles. The lowest BCUT2D eigenvalue weighted by Crippen LogP contribution is -2.41. The van der Waals surface area contributed by atoms with Gasteiger partial charge < -0.3 is 10.1 Å². The molecule has 1 aliphatic heterocycles. The summed E-state index contributed by atoms with van der Waals surface area (Å²) in [5.74, 6) is -0.561. The molecule has 33 heavy (non-hydrogen) atoms. The van der Waals surface area contributed by atoms with Crippen molar-refractivity contribution in [3.8, 4) is 5.75 Å². The minimum absolute atomic E-state index is 0.115. The molecule has 11 heteroatoms. The SMILES string of the molecule is CCCNC(=O)NC(=O)CSC1=N/C(=C/c2sccc2C)C(=O)N1c1cc(Cl)ccc1OC. The minimum atomic E-state index is -0.561. The molecule has 3 rings (SSSR count). The quantitative estimate of drug-likeness (QED) is 0.541. The number of aryl methyl sites for hydroxylation is 1. The maximum absolute atomic E-state index is 13.3. The van der Waals surface area contributed by atoms with Crippen LogP contribution in [0.15, 0.2) is 40.3 Å². The molecule has 0 saturated heterocycles. The Kier molecular flexibility index (Phi) is 8.54. The fourth-order valence-corrected chi connectivity index (χ4v) is 4.70. The van der Waals surface area contributed by atoms with Gasteiger partial charge >= 0.3 is 6.03 Å². The maximum atomic E-state index is 13.3. The third-order valence-corrected chi connectivity index (χ3v) is 6.64. The summed E-state index contributed by atoms with van der Waals surface area (Å²) in [7, 11) is 1.49. The van der Waals surface area contributed by atoms with Gasteiger partial charge in [-0.3, -0.25) is 14.9 Å². The number of amidine groups is 1. The van der Waals surface area contributed by atoms with E-state index in [1.54, 1.807) is 24.3 Å². The summed E-state index contributed by atoms with van der Waals surface area (Å²) < 4.78 is 5.42. The molecule has 8 nitrogen and oxygen atoms in total. The van der Waals surface area contributed by atoms with E-state index in [4.69, 9.17) is 16.3 Å². The van der Waals surface area contributed by atoms with Crippen molar-refractivity contribution in [2.75, 3.05) is 24.3 Å². The van der Waals surface area contributed by atoms with Gasteiger partial charge in [-0.05, 0) is 54.6 Å². The van der Waals surface area contributed by atoms with Crippen LogP contribution in [0.25, 0.3) is 6.08 Å². The Hall–Kier alpha value is -2.82. The number of hydrogen-bond acceptors (Lipinski definition) is 7. The zero-order chi connectivity index (χ0) is 24.0. The Morgan fingerprint density at radius 2 is 2.12 bits per heavy atom. The number of thiophene rings is 1. The van der Waals surface area contributed by atoms with E-state index in [1.165, 1.54) is 23.3 Å². The molecular formula is C22H23ClN4O4S2. The molecule has 0 spiro atoms. The third kappa shape index (κ3) is 6.16. The molecule has 0 bridgehead atoms. The van der Waals surface area contributed by atoms with Crippen LogP contribution < -0.4 is 20.3 Å². The van der Waals surface area contributed by atoms with E-state index in [0.29, 0.717) is 23.0 Å². The molecule has 0 aliphatic carbocycles. The first kappa shape index (κ1) is 24.8. The van der Waals surface area contributed by atoms with E-state index >= 15 is 0 Å². The highest BCUT2D eigenvalue weighted by molar-refractivity contribution is 8.14. The zero-order valence-corrected chi connectivity index (χ0v) is 20.7. The molecule has 2 N–H and O–H groups in total. The number of carbonyl (C=O) groups is 3. The Morgan fingerprint density at radius 1 is 1.33 bits per heavy atom. The fourth-order valence-electron chi connectivity index (χ4n) is 2.88. The van der Waals surface area contributed by atoms with Crippen LogP contribution in [0, 0.1) is 6.92 Å². The summed E-state index contributed by atoms with van der Waals surface area (Å²) in [6, 6.07) is 6.31. The van der Waals surface area contributed by atoms with Gasteiger partial charge in [0, 0.05) is 16.4 Å². The number of nitrogens with zero attached hydrogens (tertiary/aromatic N) is 2. The number of rotatable bonds is 7. The Bertz CT molecular complexity index is 1130. The molecule has 0 saturated carbocycles. The lowest BCUT2D eigenvalue weighted by molar-refractivity contribution is -0.117. The number of hydrogen-bond donors (Lipinski definition) is 2. The monoisotopic (exact) mass is 506 g/mol. The summed E-state index contributed by atoms with van der Waals surface area (Å²) in [4.78, 5) is 44.1. The summed E-state index contributed by atoms with van der Waals surface area (Å²) >= 11 is 8.72. The lowest BCUT2D eigenvalue weighted by atomic mass is 10.2. The Balaban J connectivity index is 1.88. The second-order valence-electron chi connectivity index (χ2n) is 6.94.